The summed E-state index contributed by atoms with van der Waals surface area (Å²) in [5, 5.41) is 0. The van der Waals surface area contributed by atoms with Crippen LogP contribution in [-0.4, -0.2) is 21.5 Å². The van der Waals surface area contributed by atoms with E-state index >= 15 is 0 Å². The van der Waals surface area contributed by atoms with Gasteiger partial charge < -0.3 is 0 Å². The maximum atomic E-state index is 12.7. The molecule has 1 unspecified atom stereocenters. The molecule has 0 spiro atoms. The molecule has 0 aromatic heterocycles. The van der Waals surface area contributed by atoms with Gasteiger partial charge >= 0.3 is 0 Å². The molecule has 0 aliphatic carbocycles. The molecule has 0 fully saturated rings. The summed E-state index contributed by atoms with van der Waals surface area (Å²) in [5.41, 5.74) is 0.421. The molecule has 0 aliphatic rings. The fourth-order valence-corrected chi connectivity index (χ4v) is 2.64. The van der Waals surface area contributed by atoms with Gasteiger partial charge in [0.1, 0.15) is 5.82 Å². The van der Waals surface area contributed by atoms with Gasteiger partial charge in [-0.25, -0.2) is 4.39 Å². The number of ketones is 1. The summed E-state index contributed by atoms with van der Waals surface area (Å²) in [4.78, 5) is 11.7. The SMILES string of the molecule is CC(C)CCS(=O)CC(=O)c1ccc(F)cc1. The van der Waals surface area contributed by atoms with E-state index in [1.807, 2.05) is 0 Å². The third-order valence-corrected chi connectivity index (χ3v) is 3.66. The molecular formula is C13H17FO2S. The van der Waals surface area contributed by atoms with Crippen LogP contribution < -0.4 is 0 Å². The largest absolute Gasteiger partial charge is 0.293 e. The molecular weight excluding hydrogens is 239 g/mol. The highest BCUT2D eigenvalue weighted by atomic mass is 32.2. The van der Waals surface area contributed by atoms with Gasteiger partial charge in [-0.15, -0.1) is 0 Å². The van der Waals surface area contributed by atoms with E-state index in [1.165, 1.54) is 24.3 Å². The molecule has 94 valence electrons. The molecule has 0 aliphatic heterocycles. The minimum Gasteiger partial charge on any atom is -0.293 e. The van der Waals surface area contributed by atoms with Gasteiger partial charge in [0.2, 0.25) is 0 Å². The number of rotatable bonds is 6. The summed E-state index contributed by atoms with van der Waals surface area (Å²) in [6.45, 7) is 4.11. The minimum absolute atomic E-state index is 0.0261. The van der Waals surface area contributed by atoms with E-state index in [0.29, 0.717) is 17.2 Å². The van der Waals surface area contributed by atoms with Crippen LogP contribution >= 0.6 is 0 Å². The van der Waals surface area contributed by atoms with E-state index in [-0.39, 0.29) is 17.4 Å². The molecule has 0 saturated carbocycles. The van der Waals surface area contributed by atoms with Gasteiger partial charge in [-0.3, -0.25) is 9.00 Å². The van der Waals surface area contributed by atoms with Crippen molar-refractivity contribution in [2.75, 3.05) is 11.5 Å². The van der Waals surface area contributed by atoms with Gasteiger partial charge in [0, 0.05) is 22.1 Å². The Balaban J connectivity index is 2.49. The lowest BCUT2D eigenvalue weighted by molar-refractivity contribution is 0.102. The Morgan fingerprint density at radius 1 is 1.29 bits per heavy atom. The molecule has 0 heterocycles. The van der Waals surface area contributed by atoms with E-state index in [4.69, 9.17) is 0 Å². The number of hydrogen-bond acceptors (Lipinski definition) is 2. The van der Waals surface area contributed by atoms with Crippen LogP contribution in [0.2, 0.25) is 0 Å². The zero-order chi connectivity index (χ0) is 12.8. The van der Waals surface area contributed by atoms with Crippen LogP contribution in [0.5, 0.6) is 0 Å². The Morgan fingerprint density at radius 2 is 1.88 bits per heavy atom. The number of carbonyl (C=O) groups is 1. The van der Waals surface area contributed by atoms with Crippen LogP contribution in [0.1, 0.15) is 30.6 Å². The fourth-order valence-electron chi connectivity index (χ4n) is 1.30. The molecule has 2 nitrogen and oxygen atoms in total. The topological polar surface area (TPSA) is 34.1 Å². The second-order valence-corrected chi connectivity index (χ2v) is 5.98. The van der Waals surface area contributed by atoms with Gasteiger partial charge in [0.25, 0.3) is 0 Å². The van der Waals surface area contributed by atoms with Crippen molar-refractivity contribution in [2.45, 2.75) is 20.3 Å². The summed E-state index contributed by atoms with van der Waals surface area (Å²) < 4.78 is 24.3. The maximum Gasteiger partial charge on any atom is 0.175 e. The van der Waals surface area contributed by atoms with Crippen molar-refractivity contribution >= 4 is 16.6 Å². The normalized spacial score (nSPS) is 12.7. The predicted octanol–water partition coefficient (Wildman–Crippen LogP) is 2.80. The first-order valence-corrected chi connectivity index (χ1v) is 7.11. The van der Waals surface area contributed by atoms with Gasteiger partial charge in [-0.2, -0.15) is 0 Å². The van der Waals surface area contributed by atoms with Crippen molar-refractivity contribution in [3.05, 3.63) is 35.6 Å². The van der Waals surface area contributed by atoms with Gasteiger partial charge in [0.15, 0.2) is 5.78 Å². The van der Waals surface area contributed by atoms with Gasteiger partial charge in [-0.1, -0.05) is 13.8 Å². The molecule has 1 aromatic rings. The first-order chi connectivity index (χ1) is 7.99. The summed E-state index contributed by atoms with van der Waals surface area (Å²) >= 11 is 0. The van der Waals surface area contributed by atoms with Crippen LogP contribution in [0.15, 0.2) is 24.3 Å². The van der Waals surface area contributed by atoms with Crippen molar-refractivity contribution in [1.82, 2.24) is 0 Å². The third-order valence-electron chi connectivity index (χ3n) is 2.38. The molecule has 0 radical (unpaired) electrons. The Labute approximate surface area is 104 Å². The molecule has 1 atom stereocenters. The van der Waals surface area contributed by atoms with E-state index in [2.05, 4.69) is 13.8 Å². The van der Waals surface area contributed by atoms with Crippen LogP contribution in [0.3, 0.4) is 0 Å². The summed E-state index contributed by atoms with van der Waals surface area (Å²) in [5.74, 6) is 0.498. The number of carbonyl (C=O) groups excluding carboxylic acids is 1. The van der Waals surface area contributed by atoms with E-state index in [9.17, 15) is 13.4 Å². The van der Waals surface area contributed by atoms with E-state index in [0.717, 1.165) is 6.42 Å². The van der Waals surface area contributed by atoms with E-state index < -0.39 is 10.8 Å². The highest BCUT2D eigenvalue weighted by Gasteiger charge is 2.11. The molecule has 0 saturated heterocycles. The zero-order valence-electron chi connectivity index (χ0n) is 10.1. The summed E-state index contributed by atoms with van der Waals surface area (Å²) in [6.07, 6.45) is 0.851. The smallest absolute Gasteiger partial charge is 0.175 e. The van der Waals surface area contributed by atoms with E-state index in [1.54, 1.807) is 0 Å². The number of Topliss-reactive ketones (excluding diaryl/α,β-unsaturated/α-hetero) is 1. The quantitative estimate of drug-likeness (QED) is 0.733. The number of hydrogen-bond donors (Lipinski definition) is 0. The molecule has 0 amide bonds. The Morgan fingerprint density at radius 3 is 2.41 bits per heavy atom. The van der Waals surface area contributed by atoms with Crippen molar-refractivity contribution < 1.29 is 13.4 Å². The lowest BCUT2D eigenvalue weighted by atomic mass is 10.1. The standard InChI is InChI=1S/C13H17FO2S/c1-10(2)7-8-17(16)9-13(15)11-3-5-12(14)6-4-11/h3-6,10H,7-9H2,1-2H3. The second-order valence-electron chi connectivity index (χ2n) is 4.40. The lowest BCUT2D eigenvalue weighted by Gasteiger charge is -2.04. The maximum absolute atomic E-state index is 12.7. The van der Waals surface area contributed by atoms with Crippen LogP contribution in [0.25, 0.3) is 0 Å². The molecule has 1 aromatic carbocycles. The molecule has 4 heteroatoms. The Bertz CT molecular complexity index is 398. The van der Waals surface area contributed by atoms with Gasteiger partial charge in [0.05, 0.1) is 5.75 Å². The lowest BCUT2D eigenvalue weighted by Crippen LogP contribution is -2.14. The van der Waals surface area contributed by atoms with Crippen molar-refractivity contribution in [1.29, 1.82) is 0 Å². The average Bonchev–Trinajstić information content (AvgIpc) is 2.27. The highest BCUT2D eigenvalue weighted by molar-refractivity contribution is 7.85. The van der Waals surface area contributed by atoms with Crippen molar-refractivity contribution in [3.63, 3.8) is 0 Å². The van der Waals surface area contributed by atoms with Crippen molar-refractivity contribution in [2.24, 2.45) is 5.92 Å². The van der Waals surface area contributed by atoms with Crippen LogP contribution in [0, 0.1) is 11.7 Å². The number of benzene rings is 1. The summed E-state index contributed by atoms with van der Waals surface area (Å²) in [6, 6.07) is 5.34. The molecule has 17 heavy (non-hydrogen) atoms. The molecule has 0 bridgehead atoms. The van der Waals surface area contributed by atoms with Crippen molar-refractivity contribution in [3.8, 4) is 0 Å². The second kappa shape index (κ2) is 6.64. The zero-order valence-corrected chi connectivity index (χ0v) is 10.9. The van der Waals surface area contributed by atoms with Gasteiger partial charge in [-0.05, 0) is 36.6 Å². The van der Waals surface area contributed by atoms with Crippen LogP contribution in [0.4, 0.5) is 4.39 Å². The third kappa shape index (κ3) is 5.22. The monoisotopic (exact) mass is 256 g/mol. The summed E-state index contributed by atoms with van der Waals surface area (Å²) in [7, 11) is -1.12. The number of halogens is 1. The first-order valence-electron chi connectivity index (χ1n) is 5.62. The average molecular weight is 256 g/mol. The first kappa shape index (κ1) is 14.0. The molecule has 1 rings (SSSR count). The molecule has 0 N–H and O–H groups in total. The highest BCUT2D eigenvalue weighted by Crippen LogP contribution is 2.06. The fraction of sp³-hybridized carbons (Fsp3) is 0.462. The predicted molar refractivity (Wildman–Crippen MR) is 68.1 cm³/mol. The van der Waals surface area contributed by atoms with Crippen LogP contribution in [-0.2, 0) is 10.8 Å². The Hall–Kier alpha value is -1.03. The minimum atomic E-state index is -1.12. The Kier molecular flexibility index (Phi) is 5.48.